The molecular weight excluding hydrogens is 265 g/mol. The van der Waals surface area contributed by atoms with Gasteiger partial charge in [-0.3, -0.25) is 4.98 Å². The lowest BCUT2D eigenvalue weighted by Gasteiger charge is -2.18. The first kappa shape index (κ1) is 14.4. The van der Waals surface area contributed by atoms with E-state index in [1.165, 1.54) is 12.1 Å². The maximum absolute atomic E-state index is 14.0. The molecule has 2 rings (SSSR count). The average Bonchev–Trinajstić information content (AvgIpc) is 2.38. The Bertz CT molecular complexity index is 599. The van der Waals surface area contributed by atoms with Crippen molar-refractivity contribution >= 4 is 5.69 Å². The molecular formula is C15H15F3N2. The van der Waals surface area contributed by atoms with Crippen LogP contribution in [0.25, 0.3) is 0 Å². The minimum atomic E-state index is -2.81. The fourth-order valence-corrected chi connectivity index (χ4v) is 2.03. The van der Waals surface area contributed by atoms with Crippen LogP contribution in [0.3, 0.4) is 0 Å². The van der Waals surface area contributed by atoms with E-state index >= 15 is 0 Å². The highest BCUT2D eigenvalue weighted by Gasteiger charge is 2.19. The smallest absolute Gasteiger partial charge is 0.266 e. The highest BCUT2D eigenvalue weighted by atomic mass is 19.3. The zero-order chi connectivity index (χ0) is 14.7. The van der Waals surface area contributed by atoms with Crippen molar-refractivity contribution in [1.82, 2.24) is 4.98 Å². The number of hydrogen-bond donors (Lipinski definition) is 1. The Labute approximate surface area is 115 Å². The number of nitrogens with zero attached hydrogens (tertiary/aromatic N) is 1. The summed E-state index contributed by atoms with van der Waals surface area (Å²) >= 11 is 0. The molecule has 0 saturated heterocycles. The first-order chi connectivity index (χ1) is 9.49. The van der Waals surface area contributed by atoms with E-state index in [0.717, 1.165) is 17.4 Å². The molecule has 2 aromatic rings. The fraction of sp³-hybridized carbons (Fsp3) is 0.267. The quantitative estimate of drug-likeness (QED) is 0.882. The van der Waals surface area contributed by atoms with E-state index in [1.807, 2.05) is 13.0 Å². The van der Waals surface area contributed by atoms with Crippen molar-refractivity contribution in [1.29, 1.82) is 0 Å². The Balaban J connectivity index is 2.25. The molecule has 2 nitrogen and oxygen atoms in total. The lowest BCUT2D eigenvalue weighted by molar-refractivity contribution is 0.146. The minimum absolute atomic E-state index is 0.220. The van der Waals surface area contributed by atoms with Crippen molar-refractivity contribution in [2.45, 2.75) is 26.3 Å². The molecule has 1 atom stereocenters. The average molecular weight is 280 g/mol. The molecule has 0 aliphatic carbocycles. The van der Waals surface area contributed by atoms with Crippen LogP contribution in [-0.4, -0.2) is 4.98 Å². The van der Waals surface area contributed by atoms with E-state index in [1.54, 1.807) is 19.2 Å². The number of pyridine rings is 1. The predicted molar refractivity (Wildman–Crippen MR) is 72.4 cm³/mol. The second-order valence-electron chi connectivity index (χ2n) is 4.60. The van der Waals surface area contributed by atoms with Crippen molar-refractivity contribution < 1.29 is 13.2 Å². The molecule has 0 radical (unpaired) electrons. The Morgan fingerprint density at radius 1 is 1.15 bits per heavy atom. The van der Waals surface area contributed by atoms with Crippen LogP contribution in [0.5, 0.6) is 0 Å². The molecule has 1 unspecified atom stereocenters. The standard InChI is InChI=1S/C15H15F3N2/c1-9-8-11(6-7-19-9)20-10(2)12-4-3-5-13(14(12)16)15(17)18/h3-8,10,15H,1-2H3,(H,19,20). The fourth-order valence-electron chi connectivity index (χ4n) is 2.03. The highest BCUT2D eigenvalue weighted by molar-refractivity contribution is 5.46. The second kappa shape index (κ2) is 5.94. The van der Waals surface area contributed by atoms with Crippen molar-refractivity contribution in [3.05, 3.63) is 59.2 Å². The summed E-state index contributed by atoms with van der Waals surface area (Å²) in [5, 5.41) is 3.08. The summed E-state index contributed by atoms with van der Waals surface area (Å²) in [7, 11) is 0. The number of anilines is 1. The van der Waals surface area contributed by atoms with E-state index in [2.05, 4.69) is 10.3 Å². The Morgan fingerprint density at radius 3 is 2.50 bits per heavy atom. The van der Waals surface area contributed by atoms with Crippen LogP contribution >= 0.6 is 0 Å². The third kappa shape index (κ3) is 3.10. The lowest BCUT2D eigenvalue weighted by atomic mass is 10.0. The number of rotatable bonds is 4. The van der Waals surface area contributed by atoms with Gasteiger partial charge in [0.25, 0.3) is 6.43 Å². The zero-order valence-corrected chi connectivity index (χ0v) is 11.2. The third-order valence-electron chi connectivity index (χ3n) is 3.04. The Hall–Kier alpha value is -2.04. The van der Waals surface area contributed by atoms with Crippen LogP contribution in [0.1, 0.15) is 36.2 Å². The summed E-state index contributed by atoms with van der Waals surface area (Å²) < 4.78 is 39.4. The third-order valence-corrected chi connectivity index (χ3v) is 3.04. The van der Waals surface area contributed by atoms with Gasteiger partial charge in [-0.15, -0.1) is 0 Å². The summed E-state index contributed by atoms with van der Waals surface area (Å²) in [5.74, 6) is -0.853. The molecule has 0 aliphatic rings. The molecule has 1 aromatic carbocycles. The highest BCUT2D eigenvalue weighted by Crippen LogP contribution is 2.28. The van der Waals surface area contributed by atoms with Gasteiger partial charge in [0.05, 0.1) is 11.6 Å². The number of halogens is 3. The summed E-state index contributed by atoms with van der Waals surface area (Å²) in [5.41, 5.74) is 1.25. The largest absolute Gasteiger partial charge is 0.378 e. The van der Waals surface area contributed by atoms with Gasteiger partial charge in [-0.25, -0.2) is 13.2 Å². The first-order valence-corrected chi connectivity index (χ1v) is 6.24. The van der Waals surface area contributed by atoms with Crippen LogP contribution in [0, 0.1) is 12.7 Å². The topological polar surface area (TPSA) is 24.9 Å². The maximum Gasteiger partial charge on any atom is 0.266 e. The summed E-state index contributed by atoms with van der Waals surface area (Å²) in [6.07, 6.45) is -1.18. The number of hydrogen-bond acceptors (Lipinski definition) is 2. The molecule has 1 heterocycles. The summed E-state index contributed by atoms with van der Waals surface area (Å²) in [4.78, 5) is 4.06. The van der Waals surface area contributed by atoms with Gasteiger partial charge >= 0.3 is 0 Å². The number of alkyl halides is 2. The van der Waals surface area contributed by atoms with Gasteiger partial charge in [-0.1, -0.05) is 18.2 Å². The predicted octanol–water partition coefficient (Wildman–Crippen LogP) is 4.64. The molecule has 5 heteroatoms. The first-order valence-electron chi connectivity index (χ1n) is 6.24. The minimum Gasteiger partial charge on any atom is -0.378 e. The number of benzene rings is 1. The molecule has 0 spiro atoms. The van der Waals surface area contributed by atoms with Crippen molar-refractivity contribution in [3.8, 4) is 0 Å². The van der Waals surface area contributed by atoms with Crippen LogP contribution < -0.4 is 5.32 Å². The zero-order valence-electron chi connectivity index (χ0n) is 11.2. The molecule has 0 bridgehead atoms. The number of aryl methyl sites for hydroxylation is 1. The second-order valence-corrected chi connectivity index (χ2v) is 4.60. The van der Waals surface area contributed by atoms with Crippen LogP contribution in [0.15, 0.2) is 36.5 Å². The molecule has 0 aliphatic heterocycles. The summed E-state index contributed by atoms with van der Waals surface area (Å²) in [6, 6.07) is 7.19. The molecule has 1 N–H and O–H groups in total. The Kier molecular flexibility index (Phi) is 4.27. The van der Waals surface area contributed by atoms with Crippen molar-refractivity contribution in [2.75, 3.05) is 5.32 Å². The van der Waals surface area contributed by atoms with E-state index in [-0.39, 0.29) is 5.56 Å². The van der Waals surface area contributed by atoms with Gasteiger partial charge in [0.2, 0.25) is 0 Å². The molecule has 0 saturated carbocycles. The van der Waals surface area contributed by atoms with E-state index in [0.29, 0.717) is 0 Å². The van der Waals surface area contributed by atoms with Gasteiger partial charge in [0, 0.05) is 23.1 Å². The van der Waals surface area contributed by atoms with Gasteiger partial charge in [0.15, 0.2) is 0 Å². The van der Waals surface area contributed by atoms with E-state index in [4.69, 9.17) is 0 Å². The van der Waals surface area contributed by atoms with Crippen molar-refractivity contribution in [3.63, 3.8) is 0 Å². The van der Waals surface area contributed by atoms with Crippen LogP contribution in [0.2, 0.25) is 0 Å². The molecule has 0 amide bonds. The SMILES string of the molecule is Cc1cc(NC(C)c2cccc(C(F)F)c2F)ccn1. The number of aromatic nitrogens is 1. The Morgan fingerprint density at radius 2 is 1.85 bits per heavy atom. The molecule has 0 fully saturated rings. The van der Waals surface area contributed by atoms with Gasteiger partial charge in [0.1, 0.15) is 5.82 Å². The molecule has 106 valence electrons. The lowest BCUT2D eigenvalue weighted by Crippen LogP contribution is -2.10. The van der Waals surface area contributed by atoms with Gasteiger partial charge < -0.3 is 5.32 Å². The number of nitrogens with one attached hydrogen (secondary N) is 1. The normalized spacial score (nSPS) is 12.5. The van der Waals surface area contributed by atoms with E-state index < -0.39 is 23.8 Å². The van der Waals surface area contributed by atoms with Gasteiger partial charge in [-0.2, -0.15) is 0 Å². The van der Waals surface area contributed by atoms with Crippen molar-refractivity contribution in [2.24, 2.45) is 0 Å². The molecule has 20 heavy (non-hydrogen) atoms. The monoisotopic (exact) mass is 280 g/mol. The molecule has 1 aromatic heterocycles. The maximum atomic E-state index is 14.0. The van der Waals surface area contributed by atoms with Gasteiger partial charge in [-0.05, 0) is 26.0 Å². The van der Waals surface area contributed by atoms with E-state index in [9.17, 15) is 13.2 Å². The van der Waals surface area contributed by atoms with Crippen LogP contribution in [-0.2, 0) is 0 Å². The van der Waals surface area contributed by atoms with Crippen LogP contribution in [0.4, 0.5) is 18.9 Å². The summed E-state index contributed by atoms with van der Waals surface area (Å²) in [6.45, 7) is 3.57.